The molecule has 0 heterocycles. The van der Waals surface area contributed by atoms with Crippen molar-refractivity contribution in [2.45, 2.75) is 0 Å². The molecule has 0 fully saturated rings. The van der Waals surface area contributed by atoms with Crippen LogP contribution < -0.4 is 4.18 Å². The van der Waals surface area contributed by atoms with Gasteiger partial charge in [0.05, 0.1) is 11.2 Å². The third-order valence-corrected chi connectivity index (χ3v) is 2.16. The summed E-state index contributed by atoms with van der Waals surface area (Å²) in [5.41, 5.74) is -0.308. The van der Waals surface area contributed by atoms with Crippen molar-refractivity contribution in [3.05, 3.63) is 33.3 Å². The van der Waals surface area contributed by atoms with Gasteiger partial charge >= 0.3 is 10.1 Å². The summed E-state index contributed by atoms with van der Waals surface area (Å²) in [6, 6.07) is 3.30. The Kier molecular flexibility index (Phi) is 5.71. The van der Waals surface area contributed by atoms with Crippen LogP contribution in [0.5, 0.6) is 5.75 Å². The van der Waals surface area contributed by atoms with E-state index in [-0.39, 0.29) is 46.0 Å². The molecule has 9 heteroatoms. The Bertz CT molecular complexity index is 503. The van der Waals surface area contributed by atoms with Crippen molar-refractivity contribution in [3.63, 3.8) is 0 Å². The standard InChI is InChI=1S/C7H6ClNO5S.Na/c1-15(12,13)14-5-2-3-7(9(10)11)6(8)4-5;/h2-4H,1H3;. The Balaban J connectivity index is 0.00000225. The van der Waals surface area contributed by atoms with E-state index in [4.69, 9.17) is 11.6 Å². The van der Waals surface area contributed by atoms with E-state index < -0.39 is 15.0 Å². The van der Waals surface area contributed by atoms with Crippen LogP contribution in [-0.4, -0.2) is 49.2 Å². The Labute approximate surface area is 119 Å². The Morgan fingerprint density at radius 3 is 2.38 bits per heavy atom. The second-order valence-corrected chi connectivity index (χ2v) is 4.64. The van der Waals surface area contributed by atoms with Gasteiger partial charge < -0.3 is 4.18 Å². The van der Waals surface area contributed by atoms with Crippen LogP contribution in [0, 0.1) is 10.1 Å². The van der Waals surface area contributed by atoms with Gasteiger partial charge in [-0.15, -0.1) is 0 Å². The topological polar surface area (TPSA) is 86.5 Å². The number of nitrogens with zero attached hydrogens (tertiary/aromatic N) is 1. The normalized spacial score (nSPS) is 10.4. The smallest absolute Gasteiger partial charge is 0.306 e. The Morgan fingerprint density at radius 1 is 1.44 bits per heavy atom. The van der Waals surface area contributed by atoms with Crippen LogP contribution in [0.1, 0.15) is 0 Å². The van der Waals surface area contributed by atoms with E-state index in [0.29, 0.717) is 0 Å². The third kappa shape index (κ3) is 4.67. The first kappa shape index (κ1) is 15.7. The van der Waals surface area contributed by atoms with Crippen LogP contribution in [0.25, 0.3) is 0 Å². The number of rotatable bonds is 3. The van der Waals surface area contributed by atoms with Crippen molar-refractivity contribution in [2.24, 2.45) is 0 Å². The predicted molar refractivity (Wildman–Crippen MR) is 59.3 cm³/mol. The molecule has 0 aliphatic heterocycles. The molecule has 1 aromatic carbocycles. The van der Waals surface area contributed by atoms with E-state index in [1.165, 1.54) is 0 Å². The quantitative estimate of drug-likeness (QED) is 0.358. The first-order valence-corrected chi connectivity index (χ1v) is 5.82. The molecular formula is C7H6ClNNaO5S. The minimum Gasteiger partial charge on any atom is -0.383 e. The molecule has 0 N–H and O–H groups in total. The van der Waals surface area contributed by atoms with E-state index in [2.05, 4.69) is 4.18 Å². The van der Waals surface area contributed by atoms with E-state index in [1.807, 2.05) is 0 Å². The Hall–Kier alpha value is -0.340. The van der Waals surface area contributed by atoms with Gasteiger partial charge in [-0.3, -0.25) is 10.1 Å². The molecule has 0 spiro atoms. The average Bonchev–Trinajstić information content (AvgIpc) is 1.99. The minimum absolute atomic E-state index is 0. The average molecular weight is 275 g/mol. The maximum atomic E-state index is 10.7. The molecule has 0 aromatic heterocycles. The number of benzene rings is 1. The maximum Gasteiger partial charge on any atom is 0.306 e. The molecule has 0 saturated carbocycles. The minimum atomic E-state index is -3.66. The summed E-state index contributed by atoms with van der Waals surface area (Å²) in [4.78, 5) is 9.71. The number of nitro groups is 1. The number of nitro benzene ring substituents is 1. The monoisotopic (exact) mass is 274 g/mol. The number of halogens is 1. The zero-order valence-electron chi connectivity index (χ0n) is 8.51. The second-order valence-electron chi connectivity index (χ2n) is 2.66. The molecule has 1 aromatic rings. The molecule has 1 radical (unpaired) electrons. The summed E-state index contributed by atoms with van der Waals surface area (Å²) >= 11 is 5.54. The van der Waals surface area contributed by atoms with Crippen molar-refractivity contribution < 1.29 is 17.5 Å². The fourth-order valence-electron chi connectivity index (χ4n) is 0.862. The molecule has 0 bridgehead atoms. The molecule has 0 amide bonds. The molecular weight excluding hydrogens is 269 g/mol. The molecule has 16 heavy (non-hydrogen) atoms. The van der Waals surface area contributed by atoms with Gasteiger partial charge in [0, 0.05) is 41.7 Å². The van der Waals surface area contributed by atoms with E-state index in [0.717, 1.165) is 24.5 Å². The van der Waals surface area contributed by atoms with Crippen LogP contribution in [0.2, 0.25) is 5.02 Å². The van der Waals surface area contributed by atoms with Crippen molar-refractivity contribution in [1.29, 1.82) is 0 Å². The van der Waals surface area contributed by atoms with E-state index in [9.17, 15) is 18.5 Å². The largest absolute Gasteiger partial charge is 0.383 e. The fraction of sp³-hybridized carbons (Fsp3) is 0.143. The first-order chi connectivity index (χ1) is 6.79. The summed E-state index contributed by atoms with van der Waals surface area (Å²) in [5.74, 6) is -0.0619. The number of hydrogen-bond donors (Lipinski definition) is 0. The summed E-state index contributed by atoms with van der Waals surface area (Å²) in [6.07, 6.45) is 0.863. The second kappa shape index (κ2) is 5.83. The SMILES string of the molecule is CS(=O)(=O)Oc1ccc([N+](=O)[O-])c(Cl)c1.[Na]. The van der Waals surface area contributed by atoms with Crippen molar-refractivity contribution >= 4 is 57.0 Å². The summed E-state index contributed by atoms with van der Waals surface area (Å²) in [6.45, 7) is 0. The molecule has 6 nitrogen and oxygen atoms in total. The molecule has 0 saturated heterocycles. The van der Waals surface area contributed by atoms with Crippen molar-refractivity contribution in [2.75, 3.05) is 6.26 Å². The maximum absolute atomic E-state index is 10.7. The summed E-state index contributed by atoms with van der Waals surface area (Å²) in [5, 5.41) is 10.2. The number of hydrogen-bond acceptors (Lipinski definition) is 5. The van der Waals surface area contributed by atoms with Crippen molar-refractivity contribution in [3.8, 4) is 5.75 Å². The van der Waals surface area contributed by atoms with Gasteiger partial charge in [0.2, 0.25) is 0 Å². The molecule has 0 unspecified atom stereocenters. The van der Waals surface area contributed by atoms with Crippen LogP contribution in [0.3, 0.4) is 0 Å². The molecule has 0 aliphatic rings. The molecule has 0 atom stereocenters. The molecule has 0 aliphatic carbocycles. The zero-order chi connectivity index (χ0) is 11.6. The Morgan fingerprint density at radius 2 is 2.00 bits per heavy atom. The zero-order valence-corrected chi connectivity index (χ0v) is 12.1. The predicted octanol–water partition coefficient (Wildman–Crippen LogP) is 1.21. The van der Waals surface area contributed by atoms with E-state index >= 15 is 0 Å². The van der Waals surface area contributed by atoms with Gasteiger partial charge in [-0.25, -0.2) is 0 Å². The van der Waals surface area contributed by atoms with Gasteiger partial charge in [-0.1, -0.05) is 11.6 Å². The van der Waals surface area contributed by atoms with Gasteiger partial charge in [-0.05, 0) is 6.07 Å². The van der Waals surface area contributed by atoms with Gasteiger partial charge in [0.25, 0.3) is 5.69 Å². The molecule has 83 valence electrons. The van der Waals surface area contributed by atoms with E-state index in [1.54, 1.807) is 0 Å². The van der Waals surface area contributed by atoms with Crippen LogP contribution in [-0.2, 0) is 10.1 Å². The summed E-state index contributed by atoms with van der Waals surface area (Å²) in [7, 11) is -3.66. The van der Waals surface area contributed by atoms with Gasteiger partial charge in [-0.2, -0.15) is 8.42 Å². The van der Waals surface area contributed by atoms with Crippen LogP contribution in [0.4, 0.5) is 5.69 Å². The van der Waals surface area contributed by atoms with Gasteiger partial charge in [0.15, 0.2) is 0 Å². The van der Waals surface area contributed by atoms with Crippen molar-refractivity contribution in [1.82, 2.24) is 0 Å². The third-order valence-electron chi connectivity index (χ3n) is 1.36. The first-order valence-electron chi connectivity index (χ1n) is 3.63. The van der Waals surface area contributed by atoms with Gasteiger partial charge in [0.1, 0.15) is 10.8 Å². The fourth-order valence-corrected chi connectivity index (χ4v) is 1.56. The molecule has 1 rings (SSSR count). The van der Waals surface area contributed by atoms with Crippen LogP contribution >= 0.6 is 11.6 Å². The van der Waals surface area contributed by atoms with Crippen LogP contribution in [0.15, 0.2) is 18.2 Å². The summed E-state index contributed by atoms with van der Waals surface area (Å²) < 4.78 is 25.9.